The maximum Gasteiger partial charge on any atom is 0.116 e. The Labute approximate surface area is 109 Å². The van der Waals surface area contributed by atoms with Crippen molar-refractivity contribution in [2.24, 2.45) is 13.0 Å². The van der Waals surface area contributed by atoms with E-state index in [0.29, 0.717) is 5.92 Å². The standard InChI is InChI=1S/C13H24N4O/c1-10-6-5-7-13(8-10,16(2)3)12(18)11-9-14-15-17(11)4/h9-10,12,18H,5-8H2,1-4H3. The summed E-state index contributed by atoms with van der Waals surface area (Å²) in [5, 5.41) is 18.6. The van der Waals surface area contributed by atoms with Gasteiger partial charge in [0.1, 0.15) is 6.10 Å². The van der Waals surface area contributed by atoms with E-state index >= 15 is 0 Å². The third kappa shape index (κ3) is 2.17. The van der Waals surface area contributed by atoms with Gasteiger partial charge < -0.3 is 10.0 Å². The maximum atomic E-state index is 10.8. The van der Waals surface area contributed by atoms with E-state index in [2.05, 4.69) is 36.2 Å². The van der Waals surface area contributed by atoms with E-state index in [9.17, 15) is 5.11 Å². The fourth-order valence-corrected chi connectivity index (χ4v) is 3.28. The molecule has 1 aliphatic rings. The number of likely N-dealkylation sites (N-methyl/N-ethyl adjacent to an activating group) is 1. The zero-order valence-corrected chi connectivity index (χ0v) is 11.8. The number of hydrogen-bond acceptors (Lipinski definition) is 4. The van der Waals surface area contributed by atoms with Gasteiger partial charge in [0.15, 0.2) is 0 Å². The lowest BCUT2D eigenvalue weighted by atomic mass is 9.71. The number of hydrogen-bond donors (Lipinski definition) is 1. The minimum atomic E-state index is -0.532. The minimum absolute atomic E-state index is 0.187. The monoisotopic (exact) mass is 252 g/mol. The molecule has 1 heterocycles. The van der Waals surface area contributed by atoms with E-state index in [1.54, 1.807) is 10.9 Å². The van der Waals surface area contributed by atoms with Crippen molar-refractivity contribution >= 4 is 0 Å². The van der Waals surface area contributed by atoms with Crippen LogP contribution in [0.1, 0.15) is 44.4 Å². The van der Waals surface area contributed by atoms with Crippen LogP contribution in [0.2, 0.25) is 0 Å². The van der Waals surface area contributed by atoms with Crippen LogP contribution in [-0.2, 0) is 7.05 Å². The first kappa shape index (κ1) is 13.5. The van der Waals surface area contributed by atoms with E-state index in [1.165, 1.54) is 12.8 Å². The average Bonchev–Trinajstić information content (AvgIpc) is 2.74. The second-order valence-electron chi connectivity index (χ2n) is 5.88. The first-order valence-corrected chi connectivity index (χ1v) is 6.67. The summed E-state index contributed by atoms with van der Waals surface area (Å²) in [7, 11) is 5.96. The molecule has 0 aliphatic heterocycles. The predicted molar refractivity (Wildman–Crippen MR) is 70.0 cm³/mol. The van der Waals surface area contributed by atoms with Crippen molar-refractivity contribution in [3.63, 3.8) is 0 Å². The quantitative estimate of drug-likeness (QED) is 0.882. The van der Waals surface area contributed by atoms with E-state index in [4.69, 9.17) is 0 Å². The molecular weight excluding hydrogens is 228 g/mol. The molecule has 1 aromatic rings. The Morgan fingerprint density at radius 3 is 2.78 bits per heavy atom. The largest absolute Gasteiger partial charge is 0.385 e. The molecule has 1 saturated carbocycles. The summed E-state index contributed by atoms with van der Waals surface area (Å²) in [6.07, 6.45) is 5.61. The number of aryl methyl sites for hydroxylation is 1. The minimum Gasteiger partial charge on any atom is -0.385 e. The average molecular weight is 252 g/mol. The van der Waals surface area contributed by atoms with Crippen LogP contribution < -0.4 is 0 Å². The molecule has 0 spiro atoms. The van der Waals surface area contributed by atoms with Gasteiger partial charge in [0.05, 0.1) is 17.4 Å². The molecule has 0 bridgehead atoms. The summed E-state index contributed by atoms with van der Waals surface area (Å²) in [4.78, 5) is 2.18. The fraction of sp³-hybridized carbons (Fsp3) is 0.846. The highest BCUT2D eigenvalue weighted by atomic mass is 16.3. The molecule has 0 radical (unpaired) electrons. The lowest BCUT2D eigenvalue weighted by Crippen LogP contribution is -2.52. The van der Waals surface area contributed by atoms with Crippen molar-refractivity contribution in [2.75, 3.05) is 14.1 Å². The summed E-state index contributed by atoms with van der Waals surface area (Å²) >= 11 is 0. The van der Waals surface area contributed by atoms with Gasteiger partial charge in [-0.3, -0.25) is 0 Å². The normalized spacial score (nSPS) is 30.7. The molecule has 2 rings (SSSR count). The highest BCUT2D eigenvalue weighted by Gasteiger charge is 2.44. The van der Waals surface area contributed by atoms with Gasteiger partial charge in [-0.25, -0.2) is 4.68 Å². The summed E-state index contributed by atoms with van der Waals surface area (Å²) in [6, 6.07) is 0. The van der Waals surface area contributed by atoms with E-state index in [-0.39, 0.29) is 5.54 Å². The Hall–Kier alpha value is -0.940. The summed E-state index contributed by atoms with van der Waals surface area (Å²) in [5.41, 5.74) is 0.616. The van der Waals surface area contributed by atoms with Crippen molar-refractivity contribution in [3.8, 4) is 0 Å². The Balaban J connectivity index is 2.33. The van der Waals surface area contributed by atoms with Crippen molar-refractivity contribution < 1.29 is 5.11 Å². The first-order valence-electron chi connectivity index (χ1n) is 6.67. The van der Waals surface area contributed by atoms with Crippen molar-refractivity contribution in [2.45, 2.75) is 44.2 Å². The Morgan fingerprint density at radius 1 is 1.56 bits per heavy atom. The smallest absolute Gasteiger partial charge is 0.116 e. The van der Waals surface area contributed by atoms with Crippen LogP contribution in [-0.4, -0.2) is 44.6 Å². The van der Waals surface area contributed by atoms with Gasteiger partial charge in [-0.05, 0) is 32.9 Å². The zero-order valence-electron chi connectivity index (χ0n) is 11.8. The highest BCUT2D eigenvalue weighted by molar-refractivity contribution is 5.11. The van der Waals surface area contributed by atoms with Crippen LogP contribution in [0, 0.1) is 5.92 Å². The number of nitrogens with zero attached hydrogens (tertiary/aromatic N) is 4. The topological polar surface area (TPSA) is 54.2 Å². The van der Waals surface area contributed by atoms with Gasteiger partial charge in [0, 0.05) is 7.05 Å². The molecule has 0 saturated heterocycles. The third-order valence-electron chi connectivity index (χ3n) is 4.44. The molecule has 3 atom stereocenters. The number of aliphatic hydroxyl groups excluding tert-OH is 1. The fourth-order valence-electron chi connectivity index (χ4n) is 3.28. The second-order valence-corrected chi connectivity index (χ2v) is 5.88. The molecule has 1 aliphatic carbocycles. The highest BCUT2D eigenvalue weighted by Crippen LogP contribution is 2.43. The van der Waals surface area contributed by atoms with Crippen molar-refractivity contribution in [1.82, 2.24) is 19.9 Å². The van der Waals surface area contributed by atoms with Gasteiger partial charge >= 0.3 is 0 Å². The molecule has 1 fully saturated rings. The lowest BCUT2D eigenvalue weighted by Gasteiger charge is -2.48. The van der Waals surface area contributed by atoms with Crippen molar-refractivity contribution in [3.05, 3.63) is 11.9 Å². The number of rotatable bonds is 3. The maximum absolute atomic E-state index is 10.8. The van der Waals surface area contributed by atoms with Crippen LogP contribution in [0.4, 0.5) is 0 Å². The third-order valence-corrected chi connectivity index (χ3v) is 4.44. The molecular formula is C13H24N4O. The van der Waals surface area contributed by atoms with Gasteiger partial charge in [-0.15, -0.1) is 5.10 Å². The number of aromatic nitrogens is 3. The molecule has 5 nitrogen and oxygen atoms in total. The Morgan fingerprint density at radius 2 is 2.28 bits per heavy atom. The summed E-state index contributed by atoms with van der Waals surface area (Å²) in [6.45, 7) is 2.27. The van der Waals surface area contributed by atoms with E-state index in [0.717, 1.165) is 18.5 Å². The molecule has 18 heavy (non-hydrogen) atoms. The van der Waals surface area contributed by atoms with Crippen molar-refractivity contribution in [1.29, 1.82) is 0 Å². The Kier molecular flexibility index (Phi) is 3.73. The SMILES string of the molecule is CC1CCCC(C(O)c2cnnn2C)(N(C)C)C1. The zero-order chi connectivity index (χ0) is 13.3. The van der Waals surface area contributed by atoms with Gasteiger partial charge in [-0.2, -0.15) is 0 Å². The van der Waals surface area contributed by atoms with Gasteiger partial charge in [-0.1, -0.05) is 25.0 Å². The molecule has 5 heteroatoms. The van der Waals surface area contributed by atoms with Crippen LogP contribution in [0.15, 0.2) is 6.20 Å². The summed E-state index contributed by atoms with van der Waals surface area (Å²) < 4.78 is 1.68. The van der Waals surface area contributed by atoms with Crippen LogP contribution in [0.3, 0.4) is 0 Å². The molecule has 1 aromatic heterocycles. The van der Waals surface area contributed by atoms with Crippen LogP contribution in [0.25, 0.3) is 0 Å². The van der Waals surface area contributed by atoms with E-state index in [1.807, 2.05) is 7.05 Å². The molecule has 0 aromatic carbocycles. The van der Waals surface area contributed by atoms with Gasteiger partial charge in [0.2, 0.25) is 0 Å². The van der Waals surface area contributed by atoms with E-state index < -0.39 is 6.10 Å². The second kappa shape index (κ2) is 4.97. The van der Waals surface area contributed by atoms with Gasteiger partial charge in [0.25, 0.3) is 0 Å². The van der Waals surface area contributed by atoms with Crippen LogP contribution in [0.5, 0.6) is 0 Å². The Bertz CT molecular complexity index is 403. The molecule has 0 amide bonds. The van der Waals surface area contributed by atoms with Crippen LogP contribution >= 0.6 is 0 Å². The predicted octanol–water partition coefficient (Wildman–Crippen LogP) is 1.36. The first-order chi connectivity index (χ1) is 8.47. The molecule has 102 valence electrons. The number of aliphatic hydroxyl groups is 1. The lowest BCUT2D eigenvalue weighted by molar-refractivity contribution is -0.0487. The summed E-state index contributed by atoms with van der Waals surface area (Å²) in [5.74, 6) is 0.650. The molecule has 3 unspecified atom stereocenters. The molecule has 1 N–H and O–H groups in total.